The van der Waals surface area contributed by atoms with E-state index in [1.54, 1.807) is 19.1 Å². The van der Waals surface area contributed by atoms with Gasteiger partial charge in [-0.25, -0.2) is 0 Å². The van der Waals surface area contributed by atoms with E-state index in [2.05, 4.69) is 21.3 Å². The highest BCUT2D eigenvalue weighted by Crippen LogP contribution is 2.17. The van der Waals surface area contributed by atoms with Gasteiger partial charge in [0.15, 0.2) is 0 Å². The molecule has 18 heavy (non-hydrogen) atoms. The normalized spacial score (nSPS) is 10.6. The maximum atomic E-state index is 11.6. The number of aryl methyl sites for hydroxylation is 1. The zero-order chi connectivity index (χ0) is 13.6. The van der Waals surface area contributed by atoms with Crippen LogP contribution in [0.5, 0.6) is 0 Å². The quantitative estimate of drug-likeness (QED) is 0.697. The maximum absolute atomic E-state index is 11.6. The summed E-state index contributed by atoms with van der Waals surface area (Å²) in [5, 5.41) is 0. The second kappa shape index (κ2) is 6.40. The summed E-state index contributed by atoms with van der Waals surface area (Å²) < 4.78 is 28.1. The van der Waals surface area contributed by atoms with Crippen molar-refractivity contribution < 1.29 is 8.42 Å². The Labute approximate surface area is 108 Å². The molecule has 0 aliphatic carbocycles. The van der Waals surface area contributed by atoms with Gasteiger partial charge < -0.3 is 5.73 Å². The first-order valence-electron chi connectivity index (χ1n) is 5.55. The van der Waals surface area contributed by atoms with Crippen molar-refractivity contribution in [3.8, 4) is 11.8 Å². The lowest BCUT2D eigenvalue weighted by atomic mass is 10.1. The van der Waals surface area contributed by atoms with Crippen molar-refractivity contribution in [3.63, 3.8) is 0 Å². The molecule has 0 amide bonds. The smallest absolute Gasteiger partial charge is 0.299 e. The minimum atomic E-state index is -3.55. The molecule has 1 aromatic carbocycles. The van der Waals surface area contributed by atoms with Crippen molar-refractivity contribution in [2.24, 2.45) is 5.73 Å². The van der Waals surface area contributed by atoms with Gasteiger partial charge in [0, 0.05) is 12.1 Å². The third-order valence-electron chi connectivity index (χ3n) is 2.08. The topological polar surface area (TPSA) is 84.2 Å². The summed E-state index contributed by atoms with van der Waals surface area (Å²) in [5.74, 6) is 5.54. The van der Waals surface area contributed by atoms with E-state index in [1.165, 1.54) is 0 Å². The summed E-state index contributed by atoms with van der Waals surface area (Å²) >= 11 is 0. The van der Waals surface area contributed by atoms with Crippen LogP contribution in [0.15, 0.2) is 18.2 Å². The fourth-order valence-electron chi connectivity index (χ4n) is 1.37. The Balaban J connectivity index is 3.10. The summed E-state index contributed by atoms with van der Waals surface area (Å²) in [4.78, 5) is 0. The Hall–Kier alpha value is -1.55. The highest BCUT2D eigenvalue weighted by Gasteiger charge is 2.10. The van der Waals surface area contributed by atoms with Gasteiger partial charge in [0.05, 0.1) is 12.2 Å². The summed E-state index contributed by atoms with van der Waals surface area (Å²) in [6.45, 7) is 4.15. The molecule has 1 aromatic rings. The van der Waals surface area contributed by atoms with E-state index >= 15 is 0 Å². The van der Waals surface area contributed by atoms with E-state index in [4.69, 9.17) is 5.73 Å². The SMILES string of the molecule is CCNS(=O)(=O)Nc1cc(C)ccc1C#CCN. The molecule has 0 fully saturated rings. The number of nitrogens with one attached hydrogen (secondary N) is 2. The van der Waals surface area contributed by atoms with Crippen LogP contribution in [0.3, 0.4) is 0 Å². The van der Waals surface area contributed by atoms with Crippen molar-refractivity contribution >= 4 is 15.9 Å². The molecule has 1 rings (SSSR count). The number of rotatable bonds is 4. The van der Waals surface area contributed by atoms with Crippen molar-refractivity contribution in [3.05, 3.63) is 29.3 Å². The number of benzene rings is 1. The fraction of sp³-hybridized carbons (Fsp3) is 0.333. The van der Waals surface area contributed by atoms with Crippen LogP contribution in [0.25, 0.3) is 0 Å². The predicted octanol–water partition coefficient (Wildman–Crippen LogP) is 0.571. The van der Waals surface area contributed by atoms with Crippen LogP contribution < -0.4 is 15.2 Å². The van der Waals surface area contributed by atoms with Crippen LogP contribution in [0, 0.1) is 18.8 Å². The molecule has 98 valence electrons. The fourth-order valence-corrected chi connectivity index (χ4v) is 2.28. The van der Waals surface area contributed by atoms with Gasteiger partial charge in [0.25, 0.3) is 10.2 Å². The Kier molecular flexibility index (Phi) is 5.16. The molecule has 0 saturated heterocycles. The monoisotopic (exact) mass is 267 g/mol. The van der Waals surface area contributed by atoms with Gasteiger partial charge in [-0.3, -0.25) is 4.72 Å². The van der Waals surface area contributed by atoms with Crippen molar-refractivity contribution in [2.45, 2.75) is 13.8 Å². The molecule has 0 aromatic heterocycles. The van der Waals surface area contributed by atoms with Gasteiger partial charge in [-0.15, -0.1) is 0 Å². The molecule has 0 saturated carbocycles. The summed E-state index contributed by atoms with van der Waals surface area (Å²) in [6, 6.07) is 5.36. The third kappa shape index (κ3) is 4.37. The molecule has 0 unspecified atom stereocenters. The number of nitrogens with two attached hydrogens (primary N) is 1. The van der Waals surface area contributed by atoms with Crippen molar-refractivity contribution in [1.82, 2.24) is 4.72 Å². The van der Waals surface area contributed by atoms with Crippen LogP contribution in [0.4, 0.5) is 5.69 Å². The van der Waals surface area contributed by atoms with E-state index in [0.717, 1.165) is 5.56 Å². The average molecular weight is 267 g/mol. The lowest BCUT2D eigenvalue weighted by Crippen LogP contribution is -2.30. The van der Waals surface area contributed by atoms with Gasteiger partial charge in [-0.05, 0) is 24.6 Å². The molecule has 0 atom stereocenters. The molecule has 4 N–H and O–H groups in total. The van der Waals surface area contributed by atoms with E-state index in [-0.39, 0.29) is 6.54 Å². The number of hydrogen-bond acceptors (Lipinski definition) is 3. The highest BCUT2D eigenvalue weighted by molar-refractivity contribution is 7.90. The molecular formula is C12H17N3O2S. The zero-order valence-electron chi connectivity index (χ0n) is 10.4. The highest BCUT2D eigenvalue weighted by atomic mass is 32.2. The number of anilines is 1. The minimum absolute atomic E-state index is 0.229. The van der Waals surface area contributed by atoms with Gasteiger partial charge in [-0.1, -0.05) is 24.8 Å². The van der Waals surface area contributed by atoms with Crippen molar-refractivity contribution in [2.75, 3.05) is 17.8 Å². The van der Waals surface area contributed by atoms with Gasteiger partial charge in [-0.2, -0.15) is 13.1 Å². The van der Waals surface area contributed by atoms with E-state index < -0.39 is 10.2 Å². The molecule has 0 aliphatic heterocycles. The lowest BCUT2D eigenvalue weighted by Gasteiger charge is -2.10. The molecule has 0 aliphatic rings. The maximum Gasteiger partial charge on any atom is 0.299 e. The first kappa shape index (κ1) is 14.5. The van der Waals surface area contributed by atoms with Crippen LogP contribution >= 0.6 is 0 Å². The van der Waals surface area contributed by atoms with Crippen LogP contribution in [0.1, 0.15) is 18.1 Å². The standard InChI is InChI=1S/C12H17N3O2S/c1-3-14-18(16,17)15-12-9-10(2)6-7-11(12)5-4-8-13/h6-7,9,14-15H,3,8,13H2,1-2H3. The molecule has 0 heterocycles. The first-order chi connectivity index (χ1) is 8.48. The second-order valence-corrected chi connectivity index (χ2v) is 5.16. The second-order valence-electron chi connectivity index (χ2n) is 3.66. The molecule has 5 nitrogen and oxygen atoms in total. The Bertz CT molecular complexity index is 571. The van der Waals surface area contributed by atoms with Crippen LogP contribution in [0.2, 0.25) is 0 Å². The zero-order valence-corrected chi connectivity index (χ0v) is 11.3. The van der Waals surface area contributed by atoms with Crippen LogP contribution in [-0.2, 0) is 10.2 Å². The summed E-state index contributed by atoms with van der Waals surface area (Å²) in [6.07, 6.45) is 0. The van der Waals surface area contributed by atoms with E-state index in [0.29, 0.717) is 17.8 Å². The Morgan fingerprint density at radius 3 is 2.72 bits per heavy atom. The number of hydrogen-bond donors (Lipinski definition) is 3. The molecule has 0 radical (unpaired) electrons. The third-order valence-corrected chi connectivity index (χ3v) is 3.24. The molecule has 6 heteroatoms. The first-order valence-corrected chi connectivity index (χ1v) is 7.04. The largest absolute Gasteiger partial charge is 0.320 e. The lowest BCUT2D eigenvalue weighted by molar-refractivity contribution is 0.589. The van der Waals surface area contributed by atoms with Gasteiger partial charge in [0.2, 0.25) is 0 Å². The van der Waals surface area contributed by atoms with Crippen LogP contribution in [-0.4, -0.2) is 21.5 Å². The molecule has 0 spiro atoms. The van der Waals surface area contributed by atoms with E-state index in [1.807, 2.05) is 13.0 Å². The van der Waals surface area contributed by atoms with Gasteiger partial charge in [0.1, 0.15) is 0 Å². The van der Waals surface area contributed by atoms with Gasteiger partial charge >= 0.3 is 0 Å². The Morgan fingerprint density at radius 1 is 1.39 bits per heavy atom. The predicted molar refractivity (Wildman–Crippen MR) is 73.3 cm³/mol. The molecule has 0 bridgehead atoms. The summed E-state index contributed by atoms with van der Waals surface area (Å²) in [7, 11) is -3.55. The van der Waals surface area contributed by atoms with Crippen molar-refractivity contribution in [1.29, 1.82) is 0 Å². The van der Waals surface area contributed by atoms with E-state index in [9.17, 15) is 8.42 Å². The molecular weight excluding hydrogens is 250 g/mol. The minimum Gasteiger partial charge on any atom is -0.320 e. The average Bonchev–Trinajstić information content (AvgIpc) is 2.27. The Morgan fingerprint density at radius 2 is 2.11 bits per heavy atom. The summed E-state index contributed by atoms with van der Waals surface area (Å²) in [5.41, 5.74) is 7.31.